The number of hydrogen-bond donors (Lipinski definition) is 2. The van der Waals surface area contributed by atoms with Crippen LogP contribution in [0.4, 0.5) is 0 Å². The number of piperidine rings is 1. The summed E-state index contributed by atoms with van der Waals surface area (Å²) in [4.78, 5) is 11.8. The molecule has 2 rings (SSSR count). The summed E-state index contributed by atoms with van der Waals surface area (Å²) >= 11 is 0. The van der Waals surface area contributed by atoms with Gasteiger partial charge in [0.05, 0.1) is 6.04 Å². The first kappa shape index (κ1) is 9.97. The van der Waals surface area contributed by atoms with E-state index >= 15 is 0 Å². The van der Waals surface area contributed by atoms with Gasteiger partial charge in [-0.25, -0.2) is 0 Å². The van der Waals surface area contributed by atoms with Gasteiger partial charge in [0.15, 0.2) is 0 Å². The van der Waals surface area contributed by atoms with Gasteiger partial charge >= 0.3 is 0 Å². The fourth-order valence-electron chi connectivity index (χ4n) is 2.29. The van der Waals surface area contributed by atoms with E-state index < -0.39 is 0 Å². The van der Waals surface area contributed by atoms with Crippen LogP contribution in [0.25, 0.3) is 0 Å². The van der Waals surface area contributed by atoms with Crippen molar-refractivity contribution in [3.63, 3.8) is 0 Å². The van der Waals surface area contributed by atoms with Crippen LogP contribution in [0.2, 0.25) is 0 Å². The Morgan fingerprint density at radius 3 is 2.64 bits per heavy atom. The van der Waals surface area contributed by atoms with Crippen molar-refractivity contribution in [3.05, 3.63) is 0 Å². The number of amides is 1. The van der Waals surface area contributed by atoms with E-state index in [1.165, 1.54) is 19.3 Å². The summed E-state index contributed by atoms with van der Waals surface area (Å²) in [7, 11) is 0. The van der Waals surface area contributed by atoms with Crippen LogP contribution in [0.3, 0.4) is 0 Å². The Labute approximate surface area is 85.6 Å². The standard InChI is InChI=1S/C11H20N2O/c1-11(6-4-7-11)13-10(14)9-5-2-3-8-12-9/h9,12H,2-8H2,1H3,(H,13,14)/t9-/m1/s1. The van der Waals surface area contributed by atoms with Crippen LogP contribution in [-0.4, -0.2) is 24.0 Å². The molecule has 1 aliphatic carbocycles. The van der Waals surface area contributed by atoms with Gasteiger partial charge in [-0.3, -0.25) is 4.79 Å². The summed E-state index contributed by atoms with van der Waals surface area (Å²) in [6, 6.07) is 0.0705. The molecule has 0 bridgehead atoms. The number of carbonyl (C=O) groups is 1. The molecule has 0 aromatic heterocycles. The molecule has 1 atom stereocenters. The Balaban J connectivity index is 1.81. The average Bonchev–Trinajstić information content (AvgIpc) is 2.17. The predicted octanol–water partition coefficient (Wildman–Crippen LogP) is 1.19. The molecule has 0 aromatic rings. The molecule has 1 aliphatic heterocycles. The maximum absolute atomic E-state index is 11.8. The molecule has 14 heavy (non-hydrogen) atoms. The second-order valence-electron chi connectivity index (χ2n) is 4.91. The Kier molecular flexibility index (Phi) is 2.77. The fourth-order valence-corrected chi connectivity index (χ4v) is 2.29. The highest BCUT2D eigenvalue weighted by atomic mass is 16.2. The van der Waals surface area contributed by atoms with Crippen molar-refractivity contribution in [3.8, 4) is 0 Å². The third kappa shape index (κ3) is 2.08. The maximum Gasteiger partial charge on any atom is 0.237 e. The van der Waals surface area contributed by atoms with Crippen LogP contribution in [0, 0.1) is 0 Å². The molecule has 2 fully saturated rings. The SMILES string of the molecule is CC1(NC(=O)[C@H]2CCCCN2)CCC1. The minimum atomic E-state index is 0.0705. The highest BCUT2D eigenvalue weighted by molar-refractivity contribution is 5.82. The summed E-state index contributed by atoms with van der Waals surface area (Å²) in [6.45, 7) is 3.14. The summed E-state index contributed by atoms with van der Waals surface area (Å²) in [5, 5.41) is 6.44. The monoisotopic (exact) mass is 196 g/mol. The second-order valence-corrected chi connectivity index (χ2v) is 4.91. The Hall–Kier alpha value is -0.570. The maximum atomic E-state index is 11.8. The zero-order chi connectivity index (χ0) is 10.0. The Bertz CT molecular complexity index is 217. The van der Waals surface area contributed by atoms with E-state index in [0.717, 1.165) is 25.8 Å². The third-order valence-electron chi connectivity index (χ3n) is 3.51. The number of nitrogens with one attached hydrogen (secondary N) is 2. The molecule has 1 saturated heterocycles. The average molecular weight is 196 g/mol. The quantitative estimate of drug-likeness (QED) is 0.696. The minimum Gasteiger partial charge on any atom is -0.350 e. The van der Waals surface area contributed by atoms with Crippen LogP contribution in [0.1, 0.15) is 45.4 Å². The molecule has 0 spiro atoms. The lowest BCUT2D eigenvalue weighted by Crippen LogP contribution is -2.57. The molecule has 3 heteroatoms. The predicted molar refractivity (Wildman–Crippen MR) is 56.0 cm³/mol. The molecule has 0 aromatic carbocycles. The van der Waals surface area contributed by atoms with Gasteiger partial charge in [0.2, 0.25) is 5.91 Å². The van der Waals surface area contributed by atoms with Crippen LogP contribution in [0.5, 0.6) is 0 Å². The Morgan fingerprint density at radius 1 is 1.36 bits per heavy atom. The van der Waals surface area contributed by atoms with Gasteiger partial charge in [0.1, 0.15) is 0 Å². The van der Waals surface area contributed by atoms with E-state index in [4.69, 9.17) is 0 Å². The van der Waals surface area contributed by atoms with Gasteiger partial charge in [0.25, 0.3) is 0 Å². The highest BCUT2D eigenvalue weighted by Crippen LogP contribution is 2.31. The van der Waals surface area contributed by atoms with Crippen LogP contribution in [0.15, 0.2) is 0 Å². The second kappa shape index (κ2) is 3.89. The van der Waals surface area contributed by atoms with E-state index in [0.29, 0.717) is 0 Å². The molecule has 0 unspecified atom stereocenters. The fraction of sp³-hybridized carbons (Fsp3) is 0.909. The van der Waals surface area contributed by atoms with Crippen LogP contribution in [-0.2, 0) is 4.79 Å². The van der Waals surface area contributed by atoms with Gasteiger partial charge in [-0.1, -0.05) is 6.42 Å². The largest absolute Gasteiger partial charge is 0.350 e. The zero-order valence-electron chi connectivity index (χ0n) is 8.94. The first-order valence-electron chi connectivity index (χ1n) is 5.75. The molecule has 80 valence electrons. The third-order valence-corrected chi connectivity index (χ3v) is 3.51. The lowest BCUT2D eigenvalue weighted by atomic mass is 9.78. The van der Waals surface area contributed by atoms with Crippen molar-refractivity contribution < 1.29 is 4.79 Å². The lowest BCUT2D eigenvalue weighted by Gasteiger charge is -2.40. The molecule has 2 aliphatic rings. The zero-order valence-corrected chi connectivity index (χ0v) is 8.94. The first-order valence-corrected chi connectivity index (χ1v) is 5.75. The van der Waals surface area contributed by atoms with Gasteiger partial charge in [0, 0.05) is 5.54 Å². The molecule has 1 amide bonds. The number of hydrogen-bond acceptors (Lipinski definition) is 2. The van der Waals surface area contributed by atoms with Gasteiger partial charge < -0.3 is 10.6 Å². The van der Waals surface area contributed by atoms with Gasteiger partial charge in [-0.15, -0.1) is 0 Å². The van der Waals surface area contributed by atoms with E-state index in [-0.39, 0.29) is 17.5 Å². The Morgan fingerprint density at radius 2 is 2.14 bits per heavy atom. The molecule has 1 heterocycles. The molecular weight excluding hydrogens is 176 g/mol. The summed E-state index contributed by atoms with van der Waals surface area (Å²) in [5.41, 5.74) is 0.107. The summed E-state index contributed by atoms with van der Waals surface area (Å²) < 4.78 is 0. The highest BCUT2D eigenvalue weighted by Gasteiger charge is 2.35. The number of rotatable bonds is 2. The van der Waals surface area contributed by atoms with E-state index in [1.807, 2.05) is 0 Å². The summed E-state index contributed by atoms with van der Waals surface area (Å²) in [5.74, 6) is 0.215. The van der Waals surface area contributed by atoms with E-state index in [2.05, 4.69) is 17.6 Å². The number of carbonyl (C=O) groups excluding carboxylic acids is 1. The molecule has 0 radical (unpaired) electrons. The topological polar surface area (TPSA) is 41.1 Å². The summed E-state index contributed by atoms with van der Waals surface area (Å²) in [6.07, 6.45) is 6.94. The lowest BCUT2D eigenvalue weighted by molar-refractivity contribution is -0.126. The smallest absolute Gasteiger partial charge is 0.237 e. The van der Waals surface area contributed by atoms with Crippen molar-refractivity contribution in [1.29, 1.82) is 0 Å². The molecule has 1 saturated carbocycles. The minimum absolute atomic E-state index is 0.0705. The first-order chi connectivity index (χ1) is 6.70. The van der Waals surface area contributed by atoms with Gasteiger partial charge in [-0.05, 0) is 45.6 Å². The molecule has 3 nitrogen and oxygen atoms in total. The van der Waals surface area contributed by atoms with Gasteiger partial charge in [-0.2, -0.15) is 0 Å². The van der Waals surface area contributed by atoms with Crippen molar-refractivity contribution in [2.24, 2.45) is 0 Å². The molecular formula is C11H20N2O. The van der Waals surface area contributed by atoms with Crippen LogP contribution < -0.4 is 10.6 Å². The van der Waals surface area contributed by atoms with Crippen molar-refractivity contribution in [2.45, 2.75) is 57.0 Å². The normalized spacial score (nSPS) is 30.5. The van der Waals surface area contributed by atoms with Crippen molar-refractivity contribution >= 4 is 5.91 Å². The van der Waals surface area contributed by atoms with Crippen LogP contribution >= 0.6 is 0 Å². The van der Waals surface area contributed by atoms with E-state index in [1.54, 1.807) is 0 Å². The molecule has 2 N–H and O–H groups in total. The van der Waals surface area contributed by atoms with Crippen molar-refractivity contribution in [1.82, 2.24) is 10.6 Å². The van der Waals surface area contributed by atoms with E-state index in [9.17, 15) is 4.79 Å². The van der Waals surface area contributed by atoms with Crippen molar-refractivity contribution in [2.75, 3.05) is 6.54 Å².